The van der Waals surface area contributed by atoms with E-state index >= 15 is 0 Å². The first-order valence-electron chi connectivity index (χ1n) is 9.33. The van der Waals surface area contributed by atoms with Crippen LogP contribution in [0.1, 0.15) is 27.0 Å². The highest BCUT2D eigenvalue weighted by Gasteiger charge is 2.38. The van der Waals surface area contributed by atoms with Gasteiger partial charge in [0.1, 0.15) is 11.5 Å². The minimum absolute atomic E-state index is 0.0672. The smallest absolute Gasteiger partial charge is 0.416 e. The SMILES string of the molecule is COc1ccccc1CNC(=O)c1cc(CC2SC(=O)NC2=O)c(C(F)(F)F)cc1OC. The highest BCUT2D eigenvalue weighted by Crippen LogP contribution is 2.38. The molecule has 11 heteroatoms. The molecule has 170 valence electrons. The molecule has 1 saturated heterocycles. The lowest BCUT2D eigenvalue weighted by atomic mass is 9.97. The number of hydrogen-bond donors (Lipinski definition) is 2. The number of benzene rings is 2. The van der Waals surface area contributed by atoms with Crippen molar-refractivity contribution in [3.63, 3.8) is 0 Å². The number of carbonyl (C=O) groups excluding carboxylic acids is 3. The Kier molecular flexibility index (Phi) is 6.97. The number of amides is 3. The molecule has 0 radical (unpaired) electrons. The van der Waals surface area contributed by atoms with Crippen molar-refractivity contribution >= 4 is 28.8 Å². The largest absolute Gasteiger partial charge is 0.496 e. The van der Waals surface area contributed by atoms with Crippen LogP contribution >= 0.6 is 11.8 Å². The molecule has 1 aliphatic rings. The predicted octanol–water partition coefficient (Wildman–Crippen LogP) is 3.55. The maximum absolute atomic E-state index is 13.7. The maximum atomic E-state index is 13.7. The number of methoxy groups -OCH3 is 2. The number of thioether (sulfide) groups is 1. The standard InChI is InChI=1S/C21H19F3N2O5S/c1-30-15-6-4-3-5-11(15)10-25-18(27)13-7-12(8-17-19(28)26-20(29)32-17)14(21(22,23)24)9-16(13)31-2/h3-7,9,17H,8,10H2,1-2H3,(H,25,27)(H,26,28,29). The van der Waals surface area contributed by atoms with E-state index in [4.69, 9.17) is 9.47 Å². The molecule has 2 N–H and O–H groups in total. The van der Waals surface area contributed by atoms with Crippen LogP contribution in [0.25, 0.3) is 0 Å². The van der Waals surface area contributed by atoms with Gasteiger partial charge in [0.2, 0.25) is 5.91 Å². The van der Waals surface area contributed by atoms with Crippen molar-refractivity contribution in [3.8, 4) is 11.5 Å². The summed E-state index contributed by atoms with van der Waals surface area (Å²) in [5.74, 6) is -1.06. The van der Waals surface area contributed by atoms with Crippen molar-refractivity contribution in [2.45, 2.75) is 24.4 Å². The van der Waals surface area contributed by atoms with Gasteiger partial charge in [-0.2, -0.15) is 13.2 Å². The number of alkyl halides is 3. The van der Waals surface area contributed by atoms with Gasteiger partial charge in [-0.25, -0.2) is 0 Å². The number of nitrogens with one attached hydrogen (secondary N) is 2. The Morgan fingerprint density at radius 1 is 1.09 bits per heavy atom. The third-order valence-corrected chi connectivity index (χ3v) is 5.76. The van der Waals surface area contributed by atoms with E-state index in [9.17, 15) is 27.6 Å². The van der Waals surface area contributed by atoms with Crippen LogP contribution in [0.5, 0.6) is 11.5 Å². The van der Waals surface area contributed by atoms with Gasteiger partial charge in [0.25, 0.3) is 11.1 Å². The van der Waals surface area contributed by atoms with Crippen molar-refractivity contribution in [2.75, 3.05) is 14.2 Å². The number of ether oxygens (including phenoxy) is 2. The van der Waals surface area contributed by atoms with Gasteiger partial charge in [0.15, 0.2) is 0 Å². The van der Waals surface area contributed by atoms with E-state index in [1.807, 2.05) is 5.32 Å². The molecular weight excluding hydrogens is 449 g/mol. The Balaban J connectivity index is 1.93. The Hall–Kier alpha value is -3.21. The van der Waals surface area contributed by atoms with Crippen LogP contribution in [0, 0.1) is 0 Å². The fourth-order valence-electron chi connectivity index (χ4n) is 3.25. The van der Waals surface area contributed by atoms with Gasteiger partial charge in [-0.15, -0.1) is 0 Å². The van der Waals surface area contributed by atoms with Crippen molar-refractivity contribution in [3.05, 3.63) is 58.7 Å². The van der Waals surface area contributed by atoms with Crippen LogP contribution in [0.2, 0.25) is 0 Å². The van der Waals surface area contributed by atoms with E-state index in [0.29, 0.717) is 23.1 Å². The third kappa shape index (κ3) is 5.16. The molecule has 1 heterocycles. The molecule has 3 amide bonds. The highest BCUT2D eigenvalue weighted by atomic mass is 32.2. The van der Waals surface area contributed by atoms with E-state index in [1.165, 1.54) is 7.11 Å². The number of rotatable bonds is 7. The summed E-state index contributed by atoms with van der Waals surface area (Å²) in [6.07, 6.45) is -5.13. The summed E-state index contributed by atoms with van der Waals surface area (Å²) in [6.45, 7) is 0.0672. The molecule has 1 aliphatic heterocycles. The lowest BCUT2D eigenvalue weighted by molar-refractivity contribution is -0.138. The molecule has 2 aromatic carbocycles. The van der Waals surface area contributed by atoms with Gasteiger partial charge in [-0.3, -0.25) is 19.7 Å². The fourth-order valence-corrected chi connectivity index (χ4v) is 4.10. The second-order valence-corrected chi connectivity index (χ2v) is 7.96. The summed E-state index contributed by atoms with van der Waals surface area (Å²) in [5, 5.41) is 3.03. The maximum Gasteiger partial charge on any atom is 0.416 e. The first-order valence-corrected chi connectivity index (χ1v) is 10.2. The van der Waals surface area contributed by atoms with Crippen molar-refractivity contribution in [1.82, 2.24) is 10.6 Å². The van der Waals surface area contributed by atoms with Gasteiger partial charge in [-0.1, -0.05) is 30.0 Å². The average Bonchev–Trinajstić information content (AvgIpc) is 3.07. The molecule has 32 heavy (non-hydrogen) atoms. The second kappa shape index (κ2) is 9.51. The topological polar surface area (TPSA) is 93.7 Å². The van der Waals surface area contributed by atoms with E-state index in [-0.39, 0.29) is 29.8 Å². The lowest BCUT2D eigenvalue weighted by Gasteiger charge is -2.18. The predicted molar refractivity (Wildman–Crippen MR) is 111 cm³/mol. The molecule has 1 unspecified atom stereocenters. The van der Waals surface area contributed by atoms with Gasteiger partial charge in [-0.05, 0) is 30.2 Å². The molecule has 0 aliphatic carbocycles. The normalized spacial score (nSPS) is 16.0. The zero-order valence-electron chi connectivity index (χ0n) is 17.0. The fraction of sp³-hybridized carbons (Fsp3) is 0.286. The molecular formula is C21H19F3N2O5S. The number of hydrogen-bond acceptors (Lipinski definition) is 6. The molecule has 0 spiro atoms. The van der Waals surface area contributed by atoms with Crippen LogP contribution < -0.4 is 20.1 Å². The van der Waals surface area contributed by atoms with Crippen molar-refractivity contribution < 1.29 is 37.0 Å². The van der Waals surface area contributed by atoms with E-state index in [2.05, 4.69) is 5.32 Å². The first kappa shape index (κ1) is 23.5. The zero-order valence-corrected chi connectivity index (χ0v) is 17.9. The van der Waals surface area contributed by atoms with Gasteiger partial charge >= 0.3 is 6.18 Å². The first-order chi connectivity index (χ1) is 15.1. The highest BCUT2D eigenvalue weighted by molar-refractivity contribution is 8.15. The summed E-state index contributed by atoms with van der Waals surface area (Å²) in [5.41, 5.74) is -0.779. The Morgan fingerprint density at radius 3 is 2.38 bits per heavy atom. The molecule has 0 aromatic heterocycles. The van der Waals surface area contributed by atoms with Crippen LogP contribution in [-0.2, 0) is 23.9 Å². The van der Waals surface area contributed by atoms with Gasteiger partial charge in [0, 0.05) is 12.1 Å². The quantitative estimate of drug-likeness (QED) is 0.646. The number of para-hydroxylation sites is 1. The lowest BCUT2D eigenvalue weighted by Crippen LogP contribution is -2.27. The van der Waals surface area contributed by atoms with Crippen LogP contribution in [-0.4, -0.2) is 36.5 Å². The Bertz CT molecular complexity index is 1060. The van der Waals surface area contributed by atoms with E-state index in [0.717, 1.165) is 19.2 Å². The van der Waals surface area contributed by atoms with Gasteiger partial charge < -0.3 is 14.8 Å². The van der Waals surface area contributed by atoms with E-state index < -0.39 is 34.0 Å². The van der Waals surface area contributed by atoms with Crippen LogP contribution in [0.4, 0.5) is 18.0 Å². The molecule has 0 bridgehead atoms. The number of halogens is 3. The van der Waals surface area contributed by atoms with E-state index in [1.54, 1.807) is 24.3 Å². The number of imide groups is 1. The third-order valence-electron chi connectivity index (χ3n) is 4.78. The summed E-state index contributed by atoms with van der Waals surface area (Å²) >= 11 is 0.611. The van der Waals surface area contributed by atoms with Crippen LogP contribution in [0.3, 0.4) is 0 Å². The average molecular weight is 468 g/mol. The Morgan fingerprint density at radius 2 is 1.78 bits per heavy atom. The van der Waals surface area contributed by atoms with Crippen molar-refractivity contribution in [1.29, 1.82) is 0 Å². The summed E-state index contributed by atoms with van der Waals surface area (Å²) in [4.78, 5) is 36.1. The summed E-state index contributed by atoms with van der Waals surface area (Å²) in [7, 11) is 2.64. The number of carbonyl (C=O) groups is 3. The van der Waals surface area contributed by atoms with Crippen molar-refractivity contribution in [2.24, 2.45) is 0 Å². The minimum atomic E-state index is -4.75. The monoisotopic (exact) mass is 468 g/mol. The molecule has 3 rings (SSSR count). The molecule has 1 atom stereocenters. The minimum Gasteiger partial charge on any atom is -0.496 e. The molecule has 1 fully saturated rings. The summed E-state index contributed by atoms with van der Waals surface area (Å²) < 4.78 is 51.2. The zero-order chi connectivity index (χ0) is 23.5. The van der Waals surface area contributed by atoms with Crippen LogP contribution in [0.15, 0.2) is 36.4 Å². The van der Waals surface area contributed by atoms with Gasteiger partial charge in [0.05, 0.1) is 30.6 Å². The second-order valence-electron chi connectivity index (χ2n) is 6.79. The molecule has 2 aromatic rings. The Labute approximate surface area is 185 Å². The summed E-state index contributed by atoms with van der Waals surface area (Å²) in [6, 6.07) is 8.75. The molecule has 7 nitrogen and oxygen atoms in total. The molecule has 0 saturated carbocycles.